The van der Waals surface area contributed by atoms with E-state index in [0.29, 0.717) is 31.4 Å². The van der Waals surface area contributed by atoms with Gasteiger partial charge in [0.1, 0.15) is 12.4 Å². The van der Waals surface area contributed by atoms with E-state index in [9.17, 15) is 4.79 Å². The molecule has 166 valence electrons. The fourth-order valence-electron chi connectivity index (χ4n) is 2.79. The van der Waals surface area contributed by atoms with Crippen LogP contribution in [0, 0.1) is 0 Å². The first-order valence-corrected chi connectivity index (χ1v) is 10.2. The maximum Gasteiger partial charge on any atom is 0.307 e. The summed E-state index contributed by atoms with van der Waals surface area (Å²) in [7, 11) is 1.92. The summed E-state index contributed by atoms with van der Waals surface area (Å²) in [6, 6.07) is 18.8. The molecule has 0 saturated carbocycles. The number of rotatable bonds is 12. The highest BCUT2D eigenvalue weighted by molar-refractivity contribution is 5.73. The average molecular weight is 434 g/mol. The van der Waals surface area contributed by atoms with Crippen LogP contribution in [0.25, 0.3) is 5.70 Å². The topological polar surface area (TPSA) is 96.8 Å². The lowest BCUT2D eigenvalue weighted by Crippen LogP contribution is -2.25. The summed E-state index contributed by atoms with van der Waals surface area (Å²) >= 11 is 0. The second-order valence-electron chi connectivity index (χ2n) is 6.94. The molecule has 0 spiro atoms. The van der Waals surface area contributed by atoms with E-state index in [1.54, 1.807) is 24.5 Å². The lowest BCUT2D eigenvalue weighted by atomic mass is 10.1. The Morgan fingerprint density at radius 2 is 1.78 bits per heavy atom. The summed E-state index contributed by atoms with van der Waals surface area (Å²) < 4.78 is 5.79. The van der Waals surface area contributed by atoms with Crippen molar-refractivity contribution in [3.05, 3.63) is 90.3 Å². The van der Waals surface area contributed by atoms with Crippen molar-refractivity contribution in [2.24, 2.45) is 0 Å². The fourth-order valence-corrected chi connectivity index (χ4v) is 2.79. The van der Waals surface area contributed by atoms with Crippen molar-refractivity contribution >= 4 is 17.6 Å². The van der Waals surface area contributed by atoms with Gasteiger partial charge in [0.25, 0.3) is 0 Å². The van der Waals surface area contributed by atoms with Crippen molar-refractivity contribution in [1.29, 1.82) is 0 Å². The molecule has 0 aliphatic heterocycles. The minimum absolute atomic E-state index is 0.0990. The molecule has 0 saturated heterocycles. The van der Waals surface area contributed by atoms with Gasteiger partial charge in [0, 0.05) is 19.4 Å². The smallest absolute Gasteiger partial charge is 0.307 e. The number of carbonyl (C=O) groups is 1. The van der Waals surface area contributed by atoms with Crippen LogP contribution in [0.5, 0.6) is 5.75 Å². The van der Waals surface area contributed by atoms with Gasteiger partial charge in [-0.1, -0.05) is 42.5 Å². The molecule has 1 aromatic heterocycles. The molecule has 0 atom stereocenters. The number of ether oxygens (including phenoxy) is 1. The number of hydrogen-bond donors (Lipinski definition) is 2. The molecular weight excluding hydrogens is 408 g/mol. The number of hydrogen-bond acceptors (Lipinski definition) is 7. The number of aliphatic carboxylic acids is 1. The Morgan fingerprint density at radius 1 is 1.06 bits per heavy atom. The summed E-state index contributed by atoms with van der Waals surface area (Å²) in [5.74, 6) is 0.511. The average Bonchev–Trinajstić information content (AvgIpc) is 2.83. The number of carboxylic acids is 1. The number of nitrogens with zero attached hydrogens (tertiary/aromatic N) is 3. The van der Waals surface area contributed by atoms with Crippen molar-refractivity contribution in [2.45, 2.75) is 13.0 Å². The van der Waals surface area contributed by atoms with Gasteiger partial charge in [0.05, 0.1) is 25.3 Å². The van der Waals surface area contributed by atoms with Gasteiger partial charge < -0.3 is 14.7 Å². The predicted octanol–water partition coefficient (Wildman–Crippen LogP) is 3.53. The number of carboxylic acid groups (broad SMARTS) is 1. The lowest BCUT2D eigenvalue weighted by molar-refractivity contribution is -0.136. The van der Waals surface area contributed by atoms with Crippen molar-refractivity contribution in [2.75, 3.05) is 25.1 Å². The molecule has 2 aromatic carbocycles. The number of hydroxylamine groups is 1. The summed E-state index contributed by atoms with van der Waals surface area (Å²) in [5.41, 5.74) is 5.28. The van der Waals surface area contributed by atoms with E-state index in [1.807, 2.05) is 66.5 Å². The van der Waals surface area contributed by atoms with Crippen LogP contribution in [0.1, 0.15) is 17.5 Å². The van der Waals surface area contributed by atoms with Crippen LogP contribution in [-0.4, -0.2) is 41.2 Å². The minimum Gasteiger partial charge on any atom is -0.492 e. The Labute approximate surface area is 187 Å². The molecule has 1 heterocycles. The highest BCUT2D eigenvalue weighted by Gasteiger charge is 2.05. The van der Waals surface area contributed by atoms with Gasteiger partial charge in [-0.2, -0.15) is 0 Å². The molecule has 0 fully saturated rings. The van der Waals surface area contributed by atoms with Crippen molar-refractivity contribution in [3.63, 3.8) is 0 Å². The standard InChI is InChI=1S/C24H26N4O4/c1-28(24-25-14-5-15-26-24)16-17-31-21-10-8-19(9-11-21)18-32-27-22(12-13-23(29)30)20-6-3-2-4-7-20/h2-12,14-15,27H,13,16-18H2,1H3,(H,29,30). The molecule has 0 aliphatic rings. The summed E-state index contributed by atoms with van der Waals surface area (Å²) in [6.45, 7) is 1.47. The molecule has 3 rings (SSSR count). The zero-order valence-corrected chi connectivity index (χ0v) is 17.8. The number of anilines is 1. The van der Waals surface area contributed by atoms with Crippen molar-refractivity contribution < 1.29 is 19.5 Å². The van der Waals surface area contributed by atoms with Crippen LogP contribution in [0.2, 0.25) is 0 Å². The largest absolute Gasteiger partial charge is 0.492 e. The van der Waals surface area contributed by atoms with Gasteiger partial charge in [-0.05, 0) is 35.4 Å². The van der Waals surface area contributed by atoms with E-state index in [2.05, 4.69) is 15.4 Å². The Morgan fingerprint density at radius 3 is 2.47 bits per heavy atom. The third kappa shape index (κ3) is 7.41. The molecule has 8 heteroatoms. The number of nitrogens with one attached hydrogen (secondary N) is 1. The fraction of sp³-hybridized carbons (Fsp3) is 0.208. The number of likely N-dealkylation sites (N-methyl/N-ethyl adjacent to an activating group) is 1. The number of benzene rings is 2. The highest BCUT2D eigenvalue weighted by Crippen LogP contribution is 2.15. The van der Waals surface area contributed by atoms with Crippen LogP contribution in [0.15, 0.2) is 79.1 Å². The van der Waals surface area contributed by atoms with Gasteiger partial charge in [-0.25, -0.2) is 9.97 Å². The quantitative estimate of drug-likeness (QED) is 0.418. The molecular formula is C24H26N4O4. The van der Waals surface area contributed by atoms with Crippen molar-refractivity contribution in [3.8, 4) is 5.75 Å². The molecule has 32 heavy (non-hydrogen) atoms. The molecule has 3 aromatic rings. The Hall–Kier alpha value is -3.91. The van der Waals surface area contributed by atoms with E-state index in [-0.39, 0.29) is 6.42 Å². The molecule has 0 bridgehead atoms. The van der Waals surface area contributed by atoms with Gasteiger partial charge in [0.15, 0.2) is 0 Å². The Bertz CT molecular complexity index is 996. The van der Waals surface area contributed by atoms with Gasteiger partial charge in [0.2, 0.25) is 5.95 Å². The van der Waals surface area contributed by atoms with Crippen molar-refractivity contribution in [1.82, 2.24) is 15.4 Å². The first kappa shape index (κ1) is 22.8. The molecule has 0 amide bonds. The van der Waals surface area contributed by atoms with Crippen LogP contribution >= 0.6 is 0 Å². The van der Waals surface area contributed by atoms with Crippen LogP contribution < -0.4 is 15.1 Å². The molecule has 0 unspecified atom stereocenters. The Balaban J connectivity index is 1.45. The van der Waals surface area contributed by atoms with Gasteiger partial charge >= 0.3 is 5.97 Å². The van der Waals surface area contributed by atoms with E-state index >= 15 is 0 Å². The van der Waals surface area contributed by atoms with E-state index < -0.39 is 5.97 Å². The molecule has 2 N–H and O–H groups in total. The van der Waals surface area contributed by atoms with Crippen LogP contribution in [0.3, 0.4) is 0 Å². The normalized spacial score (nSPS) is 11.1. The lowest BCUT2D eigenvalue weighted by Gasteiger charge is -2.17. The first-order chi connectivity index (χ1) is 15.6. The van der Waals surface area contributed by atoms with E-state index in [1.165, 1.54) is 0 Å². The third-order valence-corrected chi connectivity index (χ3v) is 4.50. The zero-order valence-electron chi connectivity index (χ0n) is 17.8. The summed E-state index contributed by atoms with van der Waals surface area (Å²) in [4.78, 5) is 26.8. The third-order valence-electron chi connectivity index (χ3n) is 4.50. The molecule has 0 aliphatic carbocycles. The summed E-state index contributed by atoms with van der Waals surface area (Å²) in [6.07, 6.45) is 4.91. The van der Waals surface area contributed by atoms with Crippen LogP contribution in [-0.2, 0) is 16.2 Å². The SMILES string of the molecule is CN(CCOc1ccc(CONC(=CCC(=O)O)c2ccccc2)cc1)c1ncccn1. The maximum atomic E-state index is 10.9. The molecule has 8 nitrogen and oxygen atoms in total. The van der Waals surface area contributed by atoms with E-state index in [0.717, 1.165) is 16.9 Å². The van der Waals surface area contributed by atoms with Gasteiger partial charge in [-0.3, -0.25) is 15.1 Å². The Kier molecular flexibility index (Phi) is 8.59. The molecule has 0 radical (unpaired) electrons. The maximum absolute atomic E-state index is 10.9. The predicted molar refractivity (Wildman–Crippen MR) is 122 cm³/mol. The summed E-state index contributed by atoms with van der Waals surface area (Å²) in [5, 5.41) is 8.95. The monoisotopic (exact) mass is 434 g/mol. The zero-order chi connectivity index (χ0) is 22.6. The van der Waals surface area contributed by atoms with Gasteiger partial charge in [-0.15, -0.1) is 0 Å². The van der Waals surface area contributed by atoms with Crippen LogP contribution in [0.4, 0.5) is 5.95 Å². The number of aromatic nitrogens is 2. The van der Waals surface area contributed by atoms with E-state index in [4.69, 9.17) is 14.7 Å². The second kappa shape index (κ2) is 12.1. The first-order valence-electron chi connectivity index (χ1n) is 10.2. The second-order valence-corrected chi connectivity index (χ2v) is 6.94. The minimum atomic E-state index is -0.904. The highest BCUT2D eigenvalue weighted by atomic mass is 16.6.